The molecule has 0 fully saturated rings. The van der Waals surface area contributed by atoms with E-state index in [1.54, 1.807) is 14.2 Å². The van der Waals surface area contributed by atoms with Crippen LogP contribution in [-0.4, -0.2) is 26.7 Å². The molecule has 0 saturated carbocycles. The summed E-state index contributed by atoms with van der Waals surface area (Å²) in [4.78, 5) is 14.7. The highest BCUT2D eigenvalue weighted by Crippen LogP contribution is 2.36. The molecule has 0 bridgehead atoms. The molecular formula is C19H21NO3. The van der Waals surface area contributed by atoms with E-state index in [0.717, 1.165) is 29.0 Å². The van der Waals surface area contributed by atoms with Gasteiger partial charge in [-0.2, -0.15) is 0 Å². The second-order valence-corrected chi connectivity index (χ2v) is 5.61. The van der Waals surface area contributed by atoms with Gasteiger partial charge in [0.2, 0.25) is 5.91 Å². The lowest BCUT2D eigenvalue weighted by Crippen LogP contribution is -2.38. The van der Waals surface area contributed by atoms with E-state index in [9.17, 15) is 4.79 Å². The minimum absolute atomic E-state index is 0.0570. The Labute approximate surface area is 136 Å². The van der Waals surface area contributed by atoms with Crippen molar-refractivity contribution in [1.29, 1.82) is 0 Å². The summed E-state index contributed by atoms with van der Waals surface area (Å²) in [7, 11) is 3.34. The maximum absolute atomic E-state index is 12.8. The van der Waals surface area contributed by atoms with E-state index in [4.69, 9.17) is 9.47 Å². The summed E-state index contributed by atoms with van der Waals surface area (Å²) >= 11 is 0. The number of para-hydroxylation sites is 2. The number of rotatable bonds is 4. The largest absolute Gasteiger partial charge is 0.496 e. The number of nitrogens with zero attached hydrogens (tertiary/aromatic N) is 1. The molecule has 0 radical (unpaired) electrons. The normalized spacial score (nSPS) is 16.8. The lowest BCUT2D eigenvalue weighted by Gasteiger charge is -2.33. The molecule has 1 aliphatic heterocycles. The van der Waals surface area contributed by atoms with Crippen LogP contribution in [0.1, 0.15) is 23.7 Å². The first-order valence-electron chi connectivity index (χ1n) is 7.78. The highest BCUT2D eigenvalue weighted by molar-refractivity contribution is 5.96. The Balaban J connectivity index is 1.86. The molecule has 23 heavy (non-hydrogen) atoms. The summed E-state index contributed by atoms with van der Waals surface area (Å²) in [6.45, 7) is 0.670. The lowest BCUT2D eigenvalue weighted by molar-refractivity contribution is -0.118. The Bertz CT molecular complexity index is 699. The smallest absolute Gasteiger partial charge is 0.231 e. The van der Waals surface area contributed by atoms with E-state index < -0.39 is 0 Å². The molecule has 1 heterocycles. The molecular weight excluding hydrogens is 290 g/mol. The Morgan fingerprint density at radius 1 is 1.13 bits per heavy atom. The van der Waals surface area contributed by atoms with Crippen LogP contribution < -0.4 is 9.64 Å². The van der Waals surface area contributed by atoms with Crippen molar-refractivity contribution in [3.8, 4) is 5.75 Å². The standard InChI is InChI=1S/C19H21NO3/c1-22-17-10-6-3-7-14(17)13-19(21)20-12-11-18(23-2)15-8-4-5-9-16(15)20/h3-10,18H,11-13H2,1-2H3. The van der Waals surface area contributed by atoms with Gasteiger partial charge in [-0.25, -0.2) is 0 Å². The number of fused-ring (bicyclic) bond motifs is 1. The van der Waals surface area contributed by atoms with E-state index in [1.807, 2.05) is 53.4 Å². The number of amides is 1. The molecule has 120 valence electrons. The lowest BCUT2D eigenvalue weighted by atomic mass is 9.98. The third-order valence-corrected chi connectivity index (χ3v) is 4.31. The molecule has 1 amide bonds. The first-order valence-corrected chi connectivity index (χ1v) is 7.78. The summed E-state index contributed by atoms with van der Waals surface area (Å²) in [5.41, 5.74) is 2.94. The van der Waals surface area contributed by atoms with Gasteiger partial charge in [-0.1, -0.05) is 36.4 Å². The summed E-state index contributed by atoms with van der Waals surface area (Å²) < 4.78 is 10.9. The summed E-state index contributed by atoms with van der Waals surface area (Å²) in [6.07, 6.45) is 1.20. The topological polar surface area (TPSA) is 38.8 Å². The van der Waals surface area contributed by atoms with E-state index >= 15 is 0 Å². The third-order valence-electron chi connectivity index (χ3n) is 4.31. The molecule has 3 rings (SSSR count). The fourth-order valence-electron chi connectivity index (χ4n) is 3.14. The quantitative estimate of drug-likeness (QED) is 0.869. The number of hydrogen-bond acceptors (Lipinski definition) is 3. The van der Waals surface area contributed by atoms with Crippen LogP contribution in [-0.2, 0) is 16.0 Å². The van der Waals surface area contributed by atoms with Crippen molar-refractivity contribution in [3.63, 3.8) is 0 Å². The van der Waals surface area contributed by atoms with Crippen molar-refractivity contribution in [1.82, 2.24) is 0 Å². The second kappa shape index (κ2) is 6.84. The van der Waals surface area contributed by atoms with Gasteiger partial charge in [0.15, 0.2) is 0 Å². The number of anilines is 1. The van der Waals surface area contributed by atoms with Crippen molar-refractivity contribution >= 4 is 11.6 Å². The second-order valence-electron chi connectivity index (χ2n) is 5.61. The molecule has 1 unspecified atom stereocenters. The molecule has 2 aromatic carbocycles. The van der Waals surface area contributed by atoms with Gasteiger partial charge in [0.05, 0.1) is 19.6 Å². The van der Waals surface area contributed by atoms with E-state index in [2.05, 4.69) is 0 Å². The van der Waals surface area contributed by atoms with Gasteiger partial charge in [0.25, 0.3) is 0 Å². The van der Waals surface area contributed by atoms with Crippen LogP contribution in [0.2, 0.25) is 0 Å². The predicted octanol–water partition coefficient (Wildman–Crippen LogP) is 3.36. The summed E-state index contributed by atoms with van der Waals surface area (Å²) in [6, 6.07) is 15.6. The zero-order valence-corrected chi connectivity index (χ0v) is 13.5. The number of benzene rings is 2. The predicted molar refractivity (Wildman–Crippen MR) is 89.9 cm³/mol. The SMILES string of the molecule is COc1ccccc1CC(=O)N1CCC(OC)c2ccccc21. The monoisotopic (exact) mass is 311 g/mol. The Morgan fingerprint density at radius 3 is 2.65 bits per heavy atom. The van der Waals surface area contributed by atoms with Gasteiger partial charge in [-0.3, -0.25) is 4.79 Å². The van der Waals surface area contributed by atoms with Crippen LogP contribution in [0, 0.1) is 0 Å². The summed E-state index contributed by atoms with van der Waals surface area (Å²) in [5, 5.41) is 0. The van der Waals surface area contributed by atoms with Crippen LogP contribution in [0.3, 0.4) is 0 Å². The Morgan fingerprint density at radius 2 is 1.87 bits per heavy atom. The molecule has 1 atom stereocenters. The average molecular weight is 311 g/mol. The molecule has 1 aliphatic rings. The van der Waals surface area contributed by atoms with Gasteiger partial charge in [0.1, 0.15) is 5.75 Å². The number of carbonyl (C=O) groups is 1. The van der Waals surface area contributed by atoms with Crippen LogP contribution in [0.15, 0.2) is 48.5 Å². The van der Waals surface area contributed by atoms with Crippen LogP contribution in [0.25, 0.3) is 0 Å². The maximum Gasteiger partial charge on any atom is 0.231 e. The van der Waals surface area contributed by atoms with Crippen LogP contribution >= 0.6 is 0 Å². The van der Waals surface area contributed by atoms with Gasteiger partial charge in [-0.05, 0) is 18.6 Å². The minimum atomic E-state index is 0.0570. The molecule has 0 spiro atoms. The van der Waals surface area contributed by atoms with Gasteiger partial charge < -0.3 is 14.4 Å². The van der Waals surface area contributed by atoms with E-state index in [-0.39, 0.29) is 12.0 Å². The molecule has 0 N–H and O–H groups in total. The molecule has 0 saturated heterocycles. The average Bonchev–Trinajstić information content (AvgIpc) is 2.61. The van der Waals surface area contributed by atoms with Crippen LogP contribution in [0.5, 0.6) is 5.75 Å². The third kappa shape index (κ3) is 3.08. The van der Waals surface area contributed by atoms with Crippen molar-refractivity contribution in [2.45, 2.75) is 18.9 Å². The molecule has 4 heteroatoms. The van der Waals surface area contributed by atoms with Crippen LogP contribution in [0.4, 0.5) is 5.69 Å². The van der Waals surface area contributed by atoms with Crippen molar-refractivity contribution in [2.24, 2.45) is 0 Å². The Hall–Kier alpha value is -2.33. The van der Waals surface area contributed by atoms with Crippen molar-refractivity contribution in [3.05, 3.63) is 59.7 Å². The molecule has 0 aromatic heterocycles. The molecule has 2 aromatic rings. The zero-order valence-electron chi connectivity index (χ0n) is 13.5. The number of ether oxygens (including phenoxy) is 2. The van der Waals surface area contributed by atoms with Gasteiger partial charge in [0, 0.05) is 30.5 Å². The first-order chi connectivity index (χ1) is 11.2. The number of carbonyl (C=O) groups excluding carboxylic acids is 1. The number of hydrogen-bond donors (Lipinski definition) is 0. The van der Waals surface area contributed by atoms with Crippen molar-refractivity contribution < 1.29 is 14.3 Å². The fourth-order valence-corrected chi connectivity index (χ4v) is 3.14. The summed E-state index contributed by atoms with van der Waals surface area (Å²) in [5.74, 6) is 0.831. The number of methoxy groups -OCH3 is 2. The zero-order chi connectivity index (χ0) is 16.2. The maximum atomic E-state index is 12.8. The molecule has 0 aliphatic carbocycles. The van der Waals surface area contributed by atoms with Gasteiger partial charge in [-0.15, -0.1) is 0 Å². The first kappa shape index (κ1) is 15.6. The van der Waals surface area contributed by atoms with E-state index in [0.29, 0.717) is 13.0 Å². The highest BCUT2D eigenvalue weighted by Gasteiger charge is 2.28. The van der Waals surface area contributed by atoms with Crippen molar-refractivity contribution in [2.75, 3.05) is 25.7 Å². The minimum Gasteiger partial charge on any atom is -0.496 e. The molecule has 4 nitrogen and oxygen atoms in total. The fraction of sp³-hybridized carbons (Fsp3) is 0.316. The Kier molecular flexibility index (Phi) is 4.63. The van der Waals surface area contributed by atoms with E-state index in [1.165, 1.54) is 0 Å². The van der Waals surface area contributed by atoms with Gasteiger partial charge >= 0.3 is 0 Å². The highest BCUT2D eigenvalue weighted by atomic mass is 16.5.